The van der Waals surface area contributed by atoms with Gasteiger partial charge in [-0.15, -0.1) is 0 Å². The van der Waals surface area contributed by atoms with Crippen LogP contribution in [0.2, 0.25) is 0 Å². The minimum atomic E-state index is -0.927. The van der Waals surface area contributed by atoms with E-state index in [-0.39, 0.29) is 17.9 Å². The molecule has 0 spiro atoms. The van der Waals surface area contributed by atoms with Crippen molar-refractivity contribution in [1.82, 2.24) is 0 Å². The maximum Gasteiger partial charge on any atom is 0.342 e. The Kier molecular flexibility index (Phi) is 6.52. The quantitative estimate of drug-likeness (QED) is 0.603. The molecule has 0 unspecified atom stereocenters. The van der Waals surface area contributed by atoms with Crippen LogP contribution in [0.3, 0.4) is 0 Å². The molecule has 3 aromatic rings. The maximum absolute atomic E-state index is 13.6. The molecule has 1 amide bonds. The molecule has 0 fully saturated rings. The fourth-order valence-electron chi connectivity index (χ4n) is 2.48. The highest BCUT2D eigenvalue weighted by molar-refractivity contribution is 5.96. The molecule has 0 aromatic heterocycles. The number of amides is 1. The number of hydrogen-bond acceptors (Lipinski definition) is 4. The summed E-state index contributed by atoms with van der Waals surface area (Å²) in [5.74, 6) is -2.90. The molecule has 7 heteroatoms. The predicted octanol–water partition coefficient (Wildman–Crippen LogP) is 4.34. The third kappa shape index (κ3) is 5.62. The predicted molar refractivity (Wildman–Crippen MR) is 102 cm³/mol. The van der Waals surface area contributed by atoms with Crippen molar-refractivity contribution in [3.8, 4) is 5.75 Å². The van der Waals surface area contributed by atoms with Gasteiger partial charge in [-0.25, -0.2) is 13.6 Å². The second kappa shape index (κ2) is 9.45. The molecule has 0 aliphatic heterocycles. The molecule has 3 aromatic carbocycles. The van der Waals surface area contributed by atoms with Crippen LogP contribution in [0.5, 0.6) is 5.75 Å². The Morgan fingerprint density at radius 1 is 0.897 bits per heavy atom. The van der Waals surface area contributed by atoms with E-state index in [4.69, 9.17) is 9.47 Å². The van der Waals surface area contributed by atoms with Crippen LogP contribution in [0, 0.1) is 11.6 Å². The minimum absolute atomic E-state index is 0.157. The van der Waals surface area contributed by atoms with Crippen molar-refractivity contribution in [3.05, 3.63) is 95.6 Å². The first-order chi connectivity index (χ1) is 14.0. The first kappa shape index (κ1) is 20.0. The van der Waals surface area contributed by atoms with Gasteiger partial charge in [0.1, 0.15) is 29.6 Å². The molecule has 0 heterocycles. The highest BCUT2D eigenvalue weighted by Gasteiger charge is 2.16. The zero-order valence-corrected chi connectivity index (χ0v) is 15.2. The van der Waals surface area contributed by atoms with Crippen molar-refractivity contribution < 1.29 is 27.8 Å². The van der Waals surface area contributed by atoms with Crippen molar-refractivity contribution in [2.75, 3.05) is 11.9 Å². The van der Waals surface area contributed by atoms with Gasteiger partial charge in [-0.1, -0.05) is 42.5 Å². The van der Waals surface area contributed by atoms with E-state index in [0.29, 0.717) is 11.8 Å². The molecule has 148 valence electrons. The topological polar surface area (TPSA) is 64.6 Å². The van der Waals surface area contributed by atoms with Gasteiger partial charge < -0.3 is 14.8 Å². The van der Waals surface area contributed by atoms with E-state index in [2.05, 4.69) is 5.32 Å². The average molecular weight is 397 g/mol. The highest BCUT2D eigenvalue weighted by atomic mass is 19.1. The largest absolute Gasteiger partial charge is 0.488 e. The van der Waals surface area contributed by atoms with Gasteiger partial charge in [-0.05, 0) is 29.8 Å². The SMILES string of the molecule is O=C(COC(=O)c1ccccc1OCc1ccccc1)Nc1ccc(F)cc1F. The Bertz CT molecular complexity index is 1010. The number of carbonyl (C=O) groups excluding carboxylic acids is 2. The highest BCUT2D eigenvalue weighted by Crippen LogP contribution is 2.20. The fourth-order valence-corrected chi connectivity index (χ4v) is 2.48. The number of esters is 1. The molecule has 29 heavy (non-hydrogen) atoms. The van der Waals surface area contributed by atoms with Gasteiger partial charge in [-0.2, -0.15) is 0 Å². The number of anilines is 1. The van der Waals surface area contributed by atoms with Crippen LogP contribution >= 0.6 is 0 Å². The molecule has 0 bridgehead atoms. The molecule has 0 saturated heterocycles. The second-order valence-electron chi connectivity index (χ2n) is 6.02. The van der Waals surface area contributed by atoms with Crippen LogP contribution in [-0.2, 0) is 16.1 Å². The van der Waals surface area contributed by atoms with E-state index in [0.717, 1.165) is 17.7 Å². The number of benzene rings is 3. The van der Waals surface area contributed by atoms with Crippen molar-refractivity contribution >= 4 is 17.6 Å². The van der Waals surface area contributed by atoms with E-state index >= 15 is 0 Å². The zero-order valence-electron chi connectivity index (χ0n) is 15.2. The summed E-state index contributed by atoms with van der Waals surface area (Å²) in [4.78, 5) is 24.2. The third-order valence-corrected chi connectivity index (χ3v) is 3.88. The van der Waals surface area contributed by atoms with Crippen molar-refractivity contribution in [1.29, 1.82) is 0 Å². The summed E-state index contributed by atoms with van der Waals surface area (Å²) in [5.41, 5.74) is 0.875. The molecule has 0 aliphatic rings. The summed E-state index contributed by atoms with van der Waals surface area (Å²) < 4.78 is 37.2. The Balaban J connectivity index is 1.58. The van der Waals surface area contributed by atoms with E-state index in [1.54, 1.807) is 18.2 Å². The van der Waals surface area contributed by atoms with Crippen molar-refractivity contribution in [3.63, 3.8) is 0 Å². The Morgan fingerprint density at radius 3 is 2.38 bits per heavy atom. The Morgan fingerprint density at radius 2 is 1.62 bits per heavy atom. The van der Waals surface area contributed by atoms with Crippen LogP contribution < -0.4 is 10.1 Å². The summed E-state index contributed by atoms with van der Waals surface area (Å²) in [5, 5.41) is 2.22. The summed E-state index contributed by atoms with van der Waals surface area (Å²) in [6.07, 6.45) is 0. The number of hydrogen-bond donors (Lipinski definition) is 1. The smallest absolute Gasteiger partial charge is 0.342 e. The fraction of sp³-hybridized carbons (Fsp3) is 0.0909. The van der Waals surface area contributed by atoms with E-state index in [1.165, 1.54) is 6.07 Å². The molecule has 0 saturated carbocycles. The lowest BCUT2D eigenvalue weighted by Gasteiger charge is -2.11. The molecule has 5 nitrogen and oxygen atoms in total. The summed E-state index contributed by atoms with van der Waals surface area (Å²) >= 11 is 0. The first-order valence-corrected chi connectivity index (χ1v) is 8.70. The van der Waals surface area contributed by atoms with Gasteiger partial charge in [0, 0.05) is 6.07 Å². The molecule has 0 atom stereocenters. The molecule has 0 radical (unpaired) electrons. The van der Waals surface area contributed by atoms with Crippen LogP contribution in [0.25, 0.3) is 0 Å². The molecule has 1 N–H and O–H groups in total. The lowest BCUT2D eigenvalue weighted by atomic mass is 10.2. The Hall–Kier alpha value is -3.74. The number of rotatable bonds is 7. The average Bonchev–Trinajstić information content (AvgIpc) is 2.73. The molecular weight excluding hydrogens is 380 g/mol. The lowest BCUT2D eigenvalue weighted by Crippen LogP contribution is -2.21. The molecule has 3 rings (SSSR count). The van der Waals surface area contributed by atoms with Crippen molar-refractivity contribution in [2.45, 2.75) is 6.61 Å². The summed E-state index contributed by atoms with van der Waals surface area (Å²) in [7, 11) is 0. The van der Waals surface area contributed by atoms with Gasteiger partial charge in [-0.3, -0.25) is 4.79 Å². The Labute approximate surface area is 165 Å². The monoisotopic (exact) mass is 397 g/mol. The number of ether oxygens (including phenoxy) is 2. The maximum atomic E-state index is 13.6. The van der Waals surface area contributed by atoms with Crippen LogP contribution in [0.1, 0.15) is 15.9 Å². The van der Waals surface area contributed by atoms with E-state index in [9.17, 15) is 18.4 Å². The normalized spacial score (nSPS) is 10.3. The zero-order chi connectivity index (χ0) is 20.6. The standard InChI is InChI=1S/C22H17F2NO4/c23-16-10-11-19(18(24)12-16)25-21(26)14-29-22(27)17-8-4-5-9-20(17)28-13-15-6-2-1-3-7-15/h1-12H,13-14H2,(H,25,26). The van der Waals surface area contributed by atoms with E-state index < -0.39 is 30.1 Å². The number of halogens is 2. The van der Waals surface area contributed by atoms with Crippen LogP contribution in [-0.4, -0.2) is 18.5 Å². The summed E-state index contributed by atoms with van der Waals surface area (Å²) in [6, 6.07) is 18.6. The van der Waals surface area contributed by atoms with E-state index in [1.807, 2.05) is 30.3 Å². The number of para-hydroxylation sites is 1. The van der Waals surface area contributed by atoms with Crippen LogP contribution in [0.15, 0.2) is 72.8 Å². The van der Waals surface area contributed by atoms with Crippen molar-refractivity contribution in [2.24, 2.45) is 0 Å². The minimum Gasteiger partial charge on any atom is -0.488 e. The summed E-state index contributed by atoms with van der Waals surface area (Å²) in [6.45, 7) is -0.377. The van der Waals surface area contributed by atoms with Crippen LogP contribution in [0.4, 0.5) is 14.5 Å². The molecular formula is C22H17F2NO4. The molecule has 0 aliphatic carbocycles. The lowest BCUT2D eigenvalue weighted by molar-refractivity contribution is -0.119. The first-order valence-electron chi connectivity index (χ1n) is 8.70. The number of nitrogens with one attached hydrogen (secondary N) is 1. The second-order valence-corrected chi connectivity index (χ2v) is 6.02. The number of carbonyl (C=O) groups is 2. The van der Waals surface area contributed by atoms with Gasteiger partial charge in [0.2, 0.25) is 0 Å². The van der Waals surface area contributed by atoms with Gasteiger partial charge in [0.15, 0.2) is 6.61 Å². The van der Waals surface area contributed by atoms with Gasteiger partial charge >= 0.3 is 5.97 Å². The van der Waals surface area contributed by atoms with Gasteiger partial charge in [0.05, 0.1) is 5.69 Å². The van der Waals surface area contributed by atoms with Gasteiger partial charge in [0.25, 0.3) is 5.91 Å². The third-order valence-electron chi connectivity index (χ3n) is 3.88.